The molecule has 4 heterocycles. The van der Waals surface area contributed by atoms with E-state index in [4.69, 9.17) is 19.1 Å². The SMILES string of the molecule is O=C(C[C@H]1CO[C@@H]2CN(Cc3nccs3)C[C@H]12)NCc1ccco1.O=C(O)C(F)(F)F. The summed E-state index contributed by atoms with van der Waals surface area (Å²) in [7, 11) is 0. The van der Waals surface area contributed by atoms with E-state index >= 15 is 0 Å². The number of fused-ring (bicyclic) bond motifs is 1. The van der Waals surface area contributed by atoms with Gasteiger partial charge in [-0.1, -0.05) is 0 Å². The minimum absolute atomic E-state index is 0.0685. The van der Waals surface area contributed by atoms with Gasteiger partial charge in [0.05, 0.1) is 32.1 Å². The third kappa shape index (κ3) is 6.77. The third-order valence-corrected chi connectivity index (χ3v) is 5.85. The summed E-state index contributed by atoms with van der Waals surface area (Å²) in [6, 6.07) is 3.69. The van der Waals surface area contributed by atoms with Crippen LogP contribution in [-0.4, -0.2) is 58.8 Å². The van der Waals surface area contributed by atoms with Crippen molar-refractivity contribution in [1.29, 1.82) is 0 Å². The van der Waals surface area contributed by atoms with Crippen LogP contribution in [0.3, 0.4) is 0 Å². The molecule has 0 aromatic carbocycles. The molecule has 0 spiro atoms. The summed E-state index contributed by atoms with van der Waals surface area (Å²) in [5.74, 6) is -1.17. The zero-order valence-electron chi connectivity index (χ0n) is 16.4. The van der Waals surface area contributed by atoms with Gasteiger partial charge in [0.25, 0.3) is 0 Å². The van der Waals surface area contributed by atoms with Crippen molar-refractivity contribution in [3.8, 4) is 0 Å². The minimum Gasteiger partial charge on any atom is -0.475 e. The highest BCUT2D eigenvalue weighted by molar-refractivity contribution is 7.09. The molecule has 0 saturated carbocycles. The van der Waals surface area contributed by atoms with Gasteiger partial charge in [-0.15, -0.1) is 11.3 Å². The van der Waals surface area contributed by atoms with Crippen molar-refractivity contribution in [2.45, 2.75) is 31.8 Å². The summed E-state index contributed by atoms with van der Waals surface area (Å²) in [4.78, 5) is 27.8. The zero-order chi connectivity index (χ0) is 22.4. The molecule has 0 radical (unpaired) electrons. The molecule has 2 aromatic heterocycles. The summed E-state index contributed by atoms with van der Waals surface area (Å²) < 4.78 is 42.9. The van der Waals surface area contributed by atoms with E-state index in [0.717, 1.165) is 30.4 Å². The molecule has 170 valence electrons. The van der Waals surface area contributed by atoms with Crippen LogP contribution in [0.1, 0.15) is 17.2 Å². The molecule has 31 heavy (non-hydrogen) atoms. The van der Waals surface area contributed by atoms with E-state index < -0.39 is 12.1 Å². The van der Waals surface area contributed by atoms with Gasteiger partial charge in [0.2, 0.25) is 5.91 Å². The van der Waals surface area contributed by atoms with Crippen LogP contribution in [0.2, 0.25) is 0 Å². The monoisotopic (exact) mass is 461 g/mol. The number of hydrogen-bond acceptors (Lipinski definition) is 7. The molecule has 12 heteroatoms. The maximum Gasteiger partial charge on any atom is 0.490 e. The Morgan fingerprint density at radius 2 is 2.13 bits per heavy atom. The van der Waals surface area contributed by atoms with Crippen LogP contribution >= 0.6 is 11.3 Å². The Morgan fingerprint density at radius 1 is 1.35 bits per heavy atom. The first-order valence-corrected chi connectivity index (χ1v) is 10.4. The Kier molecular flexibility index (Phi) is 7.68. The summed E-state index contributed by atoms with van der Waals surface area (Å²) in [5, 5.41) is 13.2. The minimum atomic E-state index is -5.08. The van der Waals surface area contributed by atoms with Crippen molar-refractivity contribution < 1.29 is 37.0 Å². The number of aliphatic carboxylic acids is 1. The Bertz CT molecular complexity index is 845. The largest absolute Gasteiger partial charge is 0.490 e. The molecule has 3 atom stereocenters. The fraction of sp³-hybridized carbons (Fsp3) is 0.526. The molecule has 2 aliphatic heterocycles. The molecular weight excluding hydrogens is 439 g/mol. The lowest BCUT2D eigenvalue weighted by Gasteiger charge is -2.18. The quantitative estimate of drug-likeness (QED) is 0.681. The first-order chi connectivity index (χ1) is 14.7. The molecule has 2 aliphatic rings. The van der Waals surface area contributed by atoms with Crippen LogP contribution in [0.4, 0.5) is 13.2 Å². The van der Waals surface area contributed by atoms with Gasteiger partial charge in [0.1, 0.15) is 10.8 Å². The lowest BCUT2D eigenvalue weighted by molar-refractivity contribution is -0.192. The van der Waals surface area contributed by atoms with Gasteiger partial charge < -0.3 is 19.6 Å². The standard InChI is InChI=1S/C17H21N3O3S.C2HF3O2/c21-16(19-7-13-2-1-4-22-13)6-12-11-23-15-9-20(8-14(12)15)10-17-18-3-5-24-17;3-2(4,5)1(6)7/h1-5,12,14-15H,6-11H2,(H,19,21);(H,6,7)/t12-,14+,15+;/m0./s1. The lowest BCUT2D eigenvalue weighted by Crippen LogP contribution is -2.29. The second kappa shape index (κ2) is 10.2. The number of alkyl halides is 3. The number of carbonyl (C=O) groups excluding carboxylic acids is 1. The fourth-order valence-electron chi connectivity index (χ4n) is 3.65. The molecule has 2 N–H and O–H groups in total. The number of likely N-dealkylation sites (tertiary alicyclic amines) is 1. The fourth-order valence-corrected chi connectivity index (χ4v) is 4.31. The van der Waals surface area contributed by atoms with Gasteiger partial charge in [-0.25, -0.2) is 9.78 Å². The summed E-state index contributed by atoms with van der Waals surface area (Å²) in [6.07, 6.45) is -0.841. The second-order valence-corrected chi connectivity index (χ2v) is 8.26. The topological polar surface area (TPSA) is 105 Å². The number of nitrogens with zero attached hydrogens (tertiary/aromatic N) is 2. The van der Waals surface area contributed by atoms with Gasteiger partial charge in [-0.2, -0.15) is 13.2 Å². The average molecular weight is 461 g/mol. The Morgan fingerprint density at radius 3 is 2.74 bits per heavy atom. The van der Waals surface area contributed by atoms with E-state index in [1.54, 1.807) is 17.6 Å². The molecule has 2 fully saturated rings. The number of carboxylic acid groups (broad SMARTS) is 1. The van der Waals surface area contributed by atoms with Crippen molar-refractivity contribution in [2.24, 2.45) is 11.8 Å². The number of thiazole rings is 1. The maximum atomic E-state index is 12.2. The van der Waals surface area contributed by atoms with E-state index in [-0.39, 0.29) is 12.0 Å². The van der Waals surface area contributed by atoms with E-state index in [2.05, 4.69) is 15.2 Å². The highest BCUT2D eigenvalue weighted by Crippen LogP contribution is 2.36. The normalized spacial score (nSPS) is 23.1. The van der Waals surface area contributed by atoms with Crippen molar-refractivity contribution in [1.82, 2.24) is 15.2 Å². The number of halogens is 3. The number of carbonyl (C=O) groups is 2. The van der Waals surface area contributed by atoms with Crippen LogP contribution in [-0.2, 0) is 27.4 Å². The zero-order valence-corrected chi connectivity index (χ0v) is 17.2. The van der Waals surface area contributed by atoms with Gasteiger partial charge >= 0.3 is 12.1 Å². The van der Waals surface area contributed by atoms with Crippen LogP contribution < -0.4 is 5.32 Å². The van der Waals surface area contributed by atoms with Gasteiger partial charge in [0, 0.05) is 37.0 Å². The first kappa shape index (κ1) is 23.2. The van der Waals surface area contributed by atoms with Crippen LogP contribution in [0.5, 0.6) is 0 Å². The number of hydrogen-bond donors (Lipinski definition) is 2. The predicted octanol–water partition coefficient (Wildman–Crippen LogP) is 2.52. The van der Waals surface area contributed by atoms with E-state index in [9.17, 15) is 18.0 Å². The molecule has 0 unspecified atom stereocenters. The van der Waals surface area contributed by atoms with E-state index in [1.165, 1.54) is 0 Å². The molecule has 2 aromatic rings. The predicted molar refractivity (Wildman–Crippen MR) is 103 cm³/mol. The number of nitrogens with one attached hydrogen (secondary N) is 1. The molecule has 1 amide bonds. The smallest absolute Gasteiger partial charge is 0.475 e. The van der Waals surface area contributed by atoms with Crippen molar-refractivity contribution in [3.05, 3.63) is 40.7 Å². The van der Waals surface area contributed by atoms with Crippen molar-refractivity contribution >= 4 is 23.2 Å². The molecule has 8 nitrogen and oxygen atoms in total. The number of carboxylic acids is 1. The Hall–Kier alpha value is -2.44. The Labute approximate surface area is 180 Å². The van der Waals surface area contributed by atoms with Crippen molar-refractivity contribution in [3.63, 3.8) is 0 Å². The molecule has 4 rings (SSSR count). The van der Waals surface area contributed by atoms with Crippen LogP contribution in [0.25, 0.3) is 0 Å². The van der Waals surface area contributed by atoms with Gasteiger partial charge in [0.15, 0.2) is 0 Å². The van der Waals surface area contributed by atoms with Crippen LogP contribution in [0.15, 0.2) is 34.4 Å². The van der Waals surface area contributed by atoms with E-state index in [1.807, 2.05) is 23.7 Å². The Balaban J connectivity index is 0.000000339. The van der Waals surface area contributed by atoms with Gasteiger partial charge in [-0.3, -0.25) is 9.69 Å². The number of amides is 1. The highest BCUT2D eigenvalue weighted by atomic mass is 32.1. The van der Waals surface area contributed by atoms with Crippen LogP contribution in [0, 0.1) is 11.8 Å². The van der Waals surface area contributed by atoms with Crippen molar-refractivity contribution in [2.75, 3.05) is 19.7 Å². The number of aromatic nitrogens is 1. The summed E-state index contributed by atoms with van der Waals surface area (Å²) in [6.45, 7) is 3.94. The lowest BCUT2D eigenvalue weighted by atomic mass is 9.90. The molecule has 0 bridgehead atoms. The highest BCUT2D eigenvalue weighted by Gasteiger charge is 2.44. The van der Waals surface area contributed by atoms with Gasteiger partial charge in [-0.05, 0) is 18.1 Å². The summed E-state index contributed by atoms with van der Waals surface area (Å²) >= 11 is 1.69. The maximum absolute atomic E-state index is 12.2. The molecule has 0 aliphatic carbocycles. The summed E-state index contributed by atoms with van der Waals surface area (Å²) in [5.41, 5.74) is 0. The number of rotatable bonds is 6. The molecular formula is C19H22F3N3O5S. The average Bonchev–Trinajstić information content (AvgIpc) is 3.47. The second-order valence-electron chi connectivity index (χ2n) is 7.28. The third-order valence-electron chi connectivity index (χ3n) is 5.09. The number of furan rings is 1. The number of ether oxygens (including phenoxy) is 1. The first-order valence-electron chi connectivity index (χ1n) is 9.54. The van der Waals surface area contributed by atoms with E-state index in [0.29, 0.717) is 31.4 Å². The molecule has 2 saturated heterocycles.